The van der Waals surface area contributed by atoms with Crippen molar-refractivity contribution in [2.24, 2.45) is 0 Å². The van der Waals surface area contributed by atoms with Crippen LogP contribution in [0.5, 0.6) is 0 Å². The average Bonchev–Trinajstić information content (AvgIpc) is 2.35. The molecule has 94 valence electrons. The van der Waals surface area contributed by atoms with Crippen LogP contribution in [-0.2, 0) is 4.74 Å². The summed E-state index contributed by atoms with van der Waals surface area (Å²) >= 11 is 0. The number of nitrogens with one attached hydrogen (secondary N) is 1. The lowest BCUT2D eigenvalue weighted by atomic mass is 10.0. The first-order valence-electron chi connectivity index (χ1n) is 5.99. The van der Waals surface area contributed by atoms with Gasteiger partial charge >= 0.3 is 0 Å². The van der Waals surface area contributed by atoms with Crippen molar-refractivity contribution < 1.29 is 9.13 Å². The lowest BCUT2D eigenvalue weighted by molar-refractivity contribution is 0.242. The van der Waals surface area contributed by atoms with Crippen LogP contribution in [-0.4, -0.2) is 13.2 Å². The van der Waals surface area contributed by atoms with Crippen LogP contribution in [0.15, 0.2) is 37.1 Å². The van der Waals surface area contributed by atoms with Crippen LogP contribution in [0.4, 0.5) is 4.39 Å². The smallest absolute Gasteiger partial charge is 0.123 e. The molecule has 0 spiro atoms. The zero-order valence-electron chi connectivity index (χ0n) is 10.3. The fraction of sp³-hybridized carbons (Fsp3) is 0.429. The summed E-state index contributed by atoms with van der Waals surface area (Å²) in [5.41, 5.74) is 1.12. The lowest BCUT2D eigenvalue weighted by Crippen LogP contribution is -2.22. The summed E-state index contributed by atoms with van der Waals surface area (Å²) < 4.78 is 17.8. The fourth-order valence-electron chi connectivity index (χ4n) is 1.71. The van der Waals surface area contributed by atoms with Crippen LogP contribution in [0, 0.1) is 5.82 Å². The van der Waals surface area contributed by atoms with Crippen LogP contribution in [0.2, 0.25) is 0 Å². The van der Waals surface area contributed by atoms with Gasteiger partial charge in [0.2, 0.25) is 0 Å². The Bertz CT molecular complexity index is 323. The van der Waals surface area contributed by atoms with E-state index >= 15 is 0 Å². The van der Waals surface area contributed by atoms with Crippen molar-refractivity contribution in [3.05, 3.63) is 48.5 Å². The molecule has 1 unspecified atom stereocenters. The molecule has 0 bridgehead atoms. The standard InChI is InChI=1S/C14H20FNO/c1-3-14(16-10-5-11-17-4-2)12-6-8-13(15)9-7-12/h4,6-9,14,16H,2-3,5,10-11H2,1H3. The second-order valence-electron chi connectivity index (χ2n) is 3.86. The second kappa shape index (κ2) is 7.85. The highest BCUT2D eigenvalue weighted by Gasteiger charge is 2.07. The van der Waals surface area contributed by atoms with Crippen molar-refractivity contribution in [2.75, 3.05) is 13.2 Å². The van der Waals surface area contributed by atoms with Crippen LogP contribution < -0.4 is 5.32 Å². The molecule has 1 rings (SSSR count). The van der Waals surface area contributed by atoms with Gasteiger partial charge in [0.25, 0.3) is 0 Å². The third-order valence-electron chi connectivity index (χ3n) is 2.63. The number of halogens is 1. The molecule has 0 fully saturated rings. The maximum Gasteiger partial charge on any atom is 0.123 e. The van der Waals surface area contributed by atoms with Gasteiger partial charge in [-0.2, -0.15) is 0 Å². The van der Waals surface area contributed by atoms with Gasteiger partial charge < -0.3 is 10.1 Å². The normalized spacial score (nSPS) is 12.1. The van der Waals surface area contributed by atoms with Crippen LogP contribution in [0.1, 0.15) is 31.4 Å². The Balaban J connectivity index is 2.37. The van der Waals surface area contributed by atoms with Gasteiger partial charge in [-0.15, -0.1) is 0 Å². The van der Waals surface area contributed by atoms with Crippen molar-refractivity contribution in [1.82, 2.24) is 5.32 Å². The van der Waals surface area contributed by atoms with E-state index in [4.69, 9.17) is 4.74 Å². The van der Waals surface area contributed by atoms with Gasteiger partial charge in [0.05, 0.1) is 12.9 Å². The number of hydrogen-bond acceptors (Lipinski definition) is 2. The maximum absolute atomic E-state index is 12.8. The summed E-state index contributed by atoms with van der Waals surface area (Å²) in [6.07, 6.45) is 3.37. The van der Waals surface area contributed by atoms with E-state index in [0.29, 0.717) is 6.61 Å². The summed E-state index contributed by atoms with van der Waals surface area (Å²) in [7, 11) is 0. The first kappa shape index (κ1) is 13.7. The first-order valence-corrected chi connectivity index (χ1v) is 5.99. The number of rotatable bonds is 8. The molecular formula is C14H20FNO. The Morgan fingerprint density at radius 2 is 2.12 bits per heavy atom. The molecule has 0 radical (unpaired) electrons. The predicted octanol–water partition coefficient (Wildman–Crippen LogP) is 3.42. The molecule has 0 aliphatic heterocycles. The second-order valence-corrected chi connectivity index (χ2v) is 3.86. The van der Waals surface area contributed by atoms with E-state index in [-0.39, 0.29) is 11.9 Å². The molecule has 0 aromatic heterocycles. The Hall–Kier alpha value is -1.35. The molecule has 0 amide bonds. The van der Waals surface area contributed by atoms with Gasteiger partial charge in [0.15, 0.2) is 0 Å². The van der Waals surface area contributed by atoms with Gasteiger partial charge in [-0.3, -0.25) is 0 Å². The van der Waals surface area contributed by atoms with E-state index in [1.807, 2.05) is 12.1 Å². The summed E-state index contributed by atoms with van der Waals surface area (Å²) in [6, 6.07) is 6.94. The molecule has 1 aromatic rings. The van der Waals surface area contributed by atoms with E-state index in [9.17, 15) is 4.39 Å². The van der Waals surface area contributed by atoms with Crippen LogP contribution >= 0.6 is 0 Å². The zero-order chi connectivity index (χ0) is 12.5. The molecule has 1 atom stereocenters. The van der Waals surface area contributed by atoms with Crippen molar-refractivity contribution >= 4 is 0 Å². The number of benzene rings is 1. The Morgan fingerprint density at radius 1 is 1.41 bits per heavy atom. The van der Waals surface area contributed by atoms with E-state index in [0.717, 1.165) is 24.9 Å². The number of hydrogen-bond donors (Lipinski definition) is 1. The van der Waals surface area contributed by atoms with E-state index < -0.39 is 0 Å². The molecular weight excluding hydrogens is 217 g/mol. The van der Waals surface area contributed by atoms with Crippen LogP contribution in [0.3, 0.4) is 0 Å². The SMILES string of the molecule is C=COCCCNC(CC)c1ccc(F)cc1. The largest absolute Gasteiger partial charge is 0.502 e. The van der Waals surface area contributed by atoms with Crippen molar-refractivity contribution in [3.8, 4) is 0 Å². The minimum atomic E-state index is -0.192. The lowest BCUT2D eigenvalue weighted by Gasteiger charge is -2.17. The molecule has 17 heavy (non-hydrogen) atoms. The van der Waals surface area contributed by atoms with Crippen molar-refractivity contribution in [1.29, 1.82) is 0 Å². The van der Waals surface area contributed by atoms with Gasteiger partial charge in [-0.1, -0.05) is 25.6 Å². The topological polar surface area (TPSA) is 21.3 Å². The first-order chi connectivity index (χ1) is 8.27. The highest BCUT2D eigenvalue weighted by Crippen LogP contribution is 2.16. The molecule has 3 heteroatoms. The zero-order valence-corrected chi connectivity index (χ0v) is 10.3. The van der Waals surface area contributed by atoms with E-state index in [1.54, 1.807) is 0 Å². The Morgan fingerprint density at radius 3 is 2.71 bits per heavy atom. The monoisotopic (exact) mass is 237 g/mol. The predicted molar refractivity (Wildman–Crippen MR) is 68.2 cm³/mol. The third-order valence-corrected chi connectivity index (χ3v) is 2.63. The third kappa shape index (κ3) is 5.00. The van der Waals surface area contributed by atoms with Gasteiger partial charge in [-0.05, 0) is 37.1 Å². The number of ether oxygens (including phenoxy) is 1. The minimum absolute atomic E-state index is 0.192. The van der Waals surface area contributed by atoms with Gasteiger partial charge in [0, 0.05) is 6.04 Å². The highest BCUT2D eigenvalue weighted by molar-refractivity contribution is 5.19. The summed E-state index contributed by atoms with van der Waals surface area (Å²) in [6.45, 7) is 7.16. The average molecular weight is 237 g/mol. The summed E-state index contributed by atoms with van der Waals surface area (Å²) in [4.78, 5) is 0. The molecule has 0 aliphatic rings. The van der Waals surface area contributed by atoms with E-state index in [2.05, 4.69) is 18.8 Å². The van der Waals surface area contributed by atoms with Gasteiger partial charge in [-0.25, -0.2) is 4.39 Å². The summed E-state index contributed by atoms with van der Waals surface area (Å²) in [5.74, 6) is -0.192. The minimum Gasteiger partial charge on any atom is -0.502 e. The van der Waals surface area contributed by atoms with Crippen molar-refractivity contribution in [3.63, 3.8) is 0 Å². The fourth-order valence-corrected chi connectivity index (χ4v) is 1.71. The van der Waals surface area contributed by atoms with Crippen LogP contribution in [0.25, 0.3) is 0 Å². The summed E-state index contributed by atoms with van der Waals surface area (Å²) in [5, 5.41) is 3.43. The quantitative estimate of drug-likeness (QED) is 0.552. The Labute approximate surface area is 102 Å². The molecule has 0 heterocycles. The van der Waals surface area contributed by atoms with Gasteiger partial charge in [0.1, 0.15) is 5.82 Å². The molecule has 0 saturated carbocycles. The van der Waals surface area contributed by atoms with E-state index in [1.165, 1.54) is 18.4 Å². The molecule has 1 N–H and O–H groups in total. The highest BCUT2D eigenvalue weighted by atomic mass is 19.1. The molecule has 2 nitrogen and oxygen atoms in total. The van der Waals surface area contributed by atoms with Crippen molar-refractivity contribution in [2.45, 2.75) is 25.8 Å². The Kier molecular flexibility index (Phi) is 6.33. The molecule has 0 saturated heterocycles. The maximum atomic E-state index is 12.8. The molecule has 0 aliphatic carbocycles. The molecule has 1 aromatic carbocycles.